The summed E-state index contributed by atoms with van der Waals surface area (Å²) in [6, 6.07) is 14.3. The van der Waals surface area contributed by atoms with Crippen LogP contribution in [0.15, 0.2) is 42.5 Å². The van der Waals surface area contributed by atoms with Crippen LogP contribution >= 0.6 is 11.6 Å². The van der Waals surface area contributed by atoms with Crippen LogP contribution < -0.4 is 10.1 Å². The van der Waals surface area contributed by atoms with Crippen molar-refractivity contribution in [3.63, 3.8) is 0 Å². The molecule has 0 saturated carbocycles. The molecule has 2 aromatic rings. The zero-order valence-corrected chi connectivity index (χ0v) is 15.0. The molecule has 1 saturated heterocycles. The minimum atomic E-state index is 0.704. The number of likely N-dealkylation sites (tertiary alicyclic amines) is 1. The second-order valence-electron chi connectivity index (χ2n) is 6.22. The van der Waals surface area contributed by atoms with Gasteiger partial charge in [-0.05, 0) is 74.8 Å². The maximum Gasteiger partial charge on any atom is 0.123 e. The Morgan fingerprint density at radius 2 is 1.83 bits per heavy atom. The van der Waals surface area contributed by atoms with Crippen LogP contribution in [0.4, 0.5) is 5.69 Å². The molecule has 3 rings (SSSR count). The fraction of sp³-hybridized carbons (Fsp3) is 0.400. The van der Waals surface area contributed by atoms with E-state index in [0.29, 0.717) is 6.61 Å². The van der Waals surface area contributed by atoms with E-state index >= 15 is 0 Å². The zero-order valence-electron chi connectivity index (χ0n) is 14.2. The first-order valence-corrected chi connectivity index (χ1v) is 9.09. The van der Waals surface area contributed by atoms with Gasteiger partial charge in [0.15, 0.2) is 0 Å². The van der Waals surface area contributed by atoms with Crippen molar-refractivity contribution in [3.8, 4) is 5.75 Å². The molecule has 3 nitrogen and oxygen atoms in total. The Labute approximate surface area is 149 Å². The van der Waals surface area contributed by atoms with Crippen LogP contribution in [0.25, 0.3) is 0 Å². The van der Waals surface area contributed by atoms with Crippen LogP contribution in [0.5, 0.6) is 5.75 Å². The highest BCUT2D eigenvalue weighted by atomic mass is 35.5. The third-order valence-corrected chi connectivity index (χ3v) is 4.61. The average molecular weight is 345 g/mol. The smallest absolute Gasteiger partial charge is 0.123 e. The van der Waals surface area contributed by atoms with E-state index in [9.17, 15) is 0 Å². The van der Waals surface area contributed by atoms with Crippen LogP contribution in [-0.2, 0) is 13.1 Å². The summed E-state index contributed by atoms with van der Waals surface area (Å²) in [4.78, 5) is 2.51. The Kier molecular flexibility index (Phi) is 6.00. The van der Waals surface area contributed by atoms with Crippen LogP contribution in [0.1, 0.15) is 30.9 Å². The Morgan fingerprint density at radius 1 is 1.08 bits per heavy atom. The van der Waals surface area contributed by atoms with Gasteiger partial charge in [-0.3, -0.25) is 4.90 Å². The molecule has 24 heavy (non-hydrogen) atoms. The topological polar surface area (TPSA) is 24.5 Å². The van der Waals surface area contributed by atoms with Crippen LogP contribution in [-0.4, -0.2) is 24.6 Å². The number of halogens is 1. The molecule has 1 aliphatic rings. The molecule has 0 spiro atoms. The summed E-state index contributed by atoms with van der Waals surface area (Å²) >= 11 is 5.93. The van der Waals surface area contributed by atoms with E-state index in [1.54, 1.807) is 0 Å². The first-order valence-electron chi connectivity index (χ1n) is 8.71. The SMILES string of the molecule is CCOc1ccc(CNc2ccc(Cl)cc2)cc1CN1CCCC1. The number of anilines is 1. The largest absolute Gasteiger partial charge is 0.494 e. The maximum atomic E-state index is 5.93. The lowest BCUT2D eigenvalue weighted by molar-refractivity contribution is 0.304. The van der Waals surface area contributed by atoms with Gasteiger partial charge >= 0.3 is 0 Å². The van der Waals surface area contributed by atoms with Crippen molar-refractivity contribution in [1.29, 1.82) is 0 Å². The van der Waals surface area contributed by atoms with Gasteiger partial charge in [-0.25, -0.2) is 0 Å². The number of ether oxygens (including phenoxy) is 1. The fourth-order valence-electron chi connectivity index (χ4n) is 3.12. The summed E-state index contributed by atoms with van der Waals surface area (Å²) in [6.07, 6.45) is 2.61. The summed E-state index contributed by atoms with van der Waals surface area (Å²) in [5, 5.41) is 4.21. The molecule has 128 valence electrons. The van der Waals surface area contributed by atoms with Crippen molar-refractivity contribution in [1.82, 2.24) is 4.90 Å². The quantitative estimate of drug-likeness (QED) is 0.769. The number of benzene rings is 2. The van der Waals surface area contributed by atoms with Crippen LogP contribution in [0.3, 0.4) is 0 Å². The van der Waals surface area contributed by atoms with E-state index in [1.165, 1.54) is 37.1 Å². The lowest BCUT2D eigenvalue weighted by atomic mass is 10.1. The lowest BCUT2D eigenvalue weighted by Gasteiger charge is -2.18. The third kappa shape index (κ3) is 4.65. The summed E-state index contributed by atoms with van der Waals surface area (Å²) in [5.41, 5.74) is 3.63. The third-order valence-electron chi connectivity index (χ3n) is 4.36. The van der Waals surface area contributed by atoms with Gasteiger partial charge in [-0.1, -0.05) is 17.7 Å². The minimum Gasteiger partial charge on any atom is -0.494 e. The van der Waals surface area contributed by atoms with E-state index in [-0.39, 0.29) is 0 Å². The molecule has 0 bridgehead atoms. The van der Waals surface area contributed by atoms with Crippen molar-refractivity contribution < 1.29 is 4.74 Å². The molecular formula is C20H25ClN2O. The lowest BCUT2D eigenvalue weighted by Crippen LogP contribution is -2.19. The predicted molar refractivity (Wildman–Crippen MR) is 101 cm³/mol. The van der Waals surface area contributed by atoms with E-state index in [0.717, 1.165) is 29.5 Å². The van der Waals surface area contributed by atoms with Crippen molar-refractivity contribution in [2.75, 3.05) is 25.0 Å². The zero-order chi connectivity index (χ0) is 16.8. The molecular weight excluding hydrogens is 320 g/mol. The van der Waals surface area contributed by atoms with Crippen molar-refractivity contribution in [2.45, 2.75) is 32.9 Å². The summed E-state index contributed by atoms with van der Waals surface area (Å²) < 4.78 is 5.82. The molecule has 0 amide bonds. The highest BCUT2D eigenvalue weighted by molar-refractivity contribution is 6.30. The van der Waals surface area contributed by atoms with Gasteiger partial charge < -0.3 is 10.1 Å². The van der Waals surface area contributed by atoms with E-state index < -0.39 is 0 Å². The number of hydrogen-bond acceptors (Lipinski definition) is 3. The van der Waals surface area contributed by atoms with E-state index in [4.69, 9.17) is 16.3 Å². The maximum absolute atomic E-state index is 5.93. The van der Waals surface area contributed by atoms with Crippen LogP contribution in [0, 0.1) is 0 Å². The molecule has 0 atom stereocenters. The van der Waals surface area contributed by atoms with Gasteiger partial charge in [0.05, 0.1) is 6.61 Å². The molecule has 4 heteroatoms. The predicted octanol–water partition coefficient (Wildman–Crippen LogP) is 4.95. The number of nitrogens with zero attached hydrogens (tertiary/aromatic N) is 1. The molecule has 1 aliphatic heterocycles. The Bertz CT molecular complexity index is 651. The first-order chi connectivity index (χ1) is 11.7. The second kappa shape index (κ2) is 8.41. The minimum absolute atomic E-state index is 0.704. The monoisotopic (exact) mass is 344 g/mol. The molecule has 1 fully saturated rings. The summed E-state index contributed by atoms with van der Waals surface area (Å²) in [5.74, 6) is 1.01. The van der Waals surface area contributed by atoms with Crippen molar-refractivity contribution >= 4 is 17.3 Å². The van der Waals surface area contributed by atoms with Gasteiger partial charge in [0.25, 0.3) is 0 Å². The molecule has 0 unspecified atom stereocenters. The van der Waals surface area contributed by atoms with Gasteiger partial charge in [0.2, 0.25) is 0 Å². The molecule has 0 radical (unpaired) electrons. The van der Waals surface area contributed by atoms with Gasteiger partial charge in [0, 0.05) is 29.4 Å². The molecule has 1 N–H and O–H groups in total. The molecule has 2 aromatic carbocycles. The van der Waals surface area contributed by atoms with E-state index in [1.807, 2.05) is 31.2 Å². The van der Waals surface area contributed by atoms with Gasteiger partial charge in [-0.15, -0.1) is 0 Å². The molecule has 0 aliphatic carbocycles. The Morgan fingerprint density at radius 3 is 2.54 bits per heavy atom. The van der Waals surface area contributed by atoms with E-state index in [2.05, 4.69) is 28.4 Å². The number of rotatable bonds is 7. The number of hydrogen-bond donors (Lipinski definition) is 1. The molecule has 0 aromatic heterocycles. The highest BCUT2D eigenvalue weighted by Gasteiger charge is 2.14. The Balaban J connectivity index is 1.69. The standard InChI is InChI=1S/C20H25ClN2O/c1-2-24-20-10-5-16(13-17(20)15-23-11-3-4-12-23)14-22-19-8-6-18(21)7-9-19/h5-10,13,22H,2-4,11-12,14-15H2,1H3. The average Bonchev–Trinajstić information content (AvgIpc) is 3.10. The van der Waals surface area contributed by atoms with Gasteiger partial charge in [-0.2, -0.15) is 0 Å². The van der Waals surface area contributed by atoms with Crippen molar-refractivity contribution in [2.24, 2.45) is 0 Å². The summed E-state index contributed by atoms with van der Waals surface area (Å²) in [7, 11) is 0. The van der Waals surface area contributed by atoms with Gasteiger partial charge in [0.1, 0.15) is 5.75 Å². The number of nitrogens with one attached hydrogen (secondary N) is 1. The fourth-order valence-corrected chi connectivity index (χ4v) is 3.24. The molecule has 1 heterocycles. The normalized spacial score (nSPS) is 14.8. The highest BCUT2D eigenvalue weighted by Crippen LogP contribution is 2.24. The second-order valence-corrected chi connectivity index (χ2v) is 6.66. The summed E-state index contributed by atoms with van der Waals surface area (Å²) in [6.45, 7) is 6.90. The Hall–Kier alpha value is -1.71. The van der Waals surface area contributed by atoms with Crippen molar-refractivity contribution in [3.05, 3.63) is 58.6 Å². The first kappa shape index (κ1) is 17.1. The van der Waals surface area contributed by atoms with Crippen LogP contribution in [0.2, 0.25) is 5.02 Å².